The minimum Gasteiger partial charge on any atom is -0.481 e. The number of nitrogens with one attached hydrogen (secondary N) is 2. The van der Waals surface area contributed by atoms with Crippen molar-refractivity contribution in [2.75, 3.05) is 13.2 Å². The maximum atomic E-state index is 12.9. The fourth-order valence-corrected chi connectivity index (χ4v) is 5.43. The molecule has 2 aliphatic rings. The Kier molecular flexibility index (Phi) is 8.06. The van der Waals surface area contributed by atoms with Crippen LogP contribution in [0.1, 0.15) is 62.5 Å². The van der Waals surface area contributed by atoms with E-state index in [0.717, 1.165) is 30.4 Å². The highest BCUT2D eigenvalue weighted by atomic mass is 16.5. The van der Waals surface area contributed by atoms with Crippen LogP contribution < -0.4 is 10.6 Å². The van der Waals surface area contributed by atoms with E-state index in [1.54, 1.807) is 0 Å². The standard InChI is InChI=1S/C28H34N2O5/c1-2-9-18(27(32)33)16-29-26(31)23-14-7-8-15-25(23)30-28(34)35-17-24-21-12-5-3-10-19(21)20-11-4-6-13-22(20)24/h3-6,10-13,18,23-25H,2,7-9,14-17H2,1H3,(H,29,31)(H,30,34)(H,32,33)/t18?,23-,25+/m1/s1. The summed E-state index contributed by atoms with van der Waals surface area (Å²) in [6, 6.07) is 16.0. The second-order valence-corrected chi connectivity index (χ2v) is 9.54. The van der Waals surface area contributed by atoms with Crippen LogP contribution in [0.15, 0.2) is 48.5 Å². The van der Waals surface area contributed by atoms with Gasteiger partial charge in [-0.3, -0.25) is 9.59 Å². The largest absolute Gasteiger partial charge is 0.481 e. The molecule has 0 aromatic heterocycles. The molecule has 7 nitrogen and oxygen atoms in total. The van der Waals surface area contributed by atoms with E-state index in [4.69, 9.17) is 4.74 Å². The van der Waals surface area contributed by atoms with Gasteiger partial charge in [0.2, 0.25) is 5.91 Å². The van der Waals surface area contributed by atoms with Crippen molar-refractivity contribution in [3.05, 3.63) is 59.7 Å². The van der Waals surface area contributed by atoms with Gasteiger partial charge in [0, 0.05) is 18.5 Å². The van der Waals surface area contributed by atoms with Crippen molar-refractivity contribution in [1.82, 2.24) is 10.6 Å². The van der Waals surface area contributed by atoms with E-state index in [1.807, 2.05) is 31.2 Å². The highest BCUT2D eigenvalue weighted by Crippen LogP contribution is 2.44. The van der Waals surface area contributed by atoms with Crippen LogP contribution in [0.4, 0.5) is 4.79 Å². The number of hydrogen-bond donors (Lipinski definition) is 3. The molecule has 0 heterocycles. The van der Waals surface area contributed by atoms with E-state index in [1.165, 1.54) is 11.1 Å². The summed E-state index contributed by atoms with van der Waals surface area (Å²) >= 11 is 0. The molecule has 1 fully saturated rings. The Bertz CT molecular complexity index is 1020. The Morgan fingerprint density at radius 2 is 1.63 bits per heavy atom. The Labute approximate surface area is 206 Å². The minimum atomic E-state index is -0.899. The van der Waals surface area contributed by atoms with Crippen molar-refractivity contribution in [1.29, 1.82) is 0 Å². The van der Waals surface area contributed by atoms with Crippen LogP contribution in [0.3, 0.4) is 0 Å². The first-order valence-corrected chi connectivity index (χ1v) is 12.6. The van der Waals surface area contributed by atoms with Gasteiger partial charge in [0.05, 0.1) is 11.8 Å². The number of aliphatic carboxylic acids is 1. The van der Waals surface area contributed by atoms with Gasteiger partial charge in [-0.2, -0.15) is 0 Å². The highest BCUT2D eigenvalue weighted by molar-refractivity contribution is 5.81. The molecule has 0 bridgehead atoms. The van der Waals surface area contributed by atoms with E-state index >= 15 is 0 Å². The molecule has 0 spiro atoms. The molecule has 1 saturated carbocycles. The Morgan fingerprint density at radius 1 is 1.00 bits per heavy atom. The zero-order valence-corrected chi connectivity index (χ0v) is 20.2. The van der Waals surface area contributed by atoms with E-state index in [9.17, 15) is 19.5 Å². The smallest absolute Gasteiger partial charge is 0.407 e. The van der Waals surface area contributed by atoms with Gasteiger partial charge < -0.3 is 20.5 Å². The Morgan fingerprint density at radius 3 is 2.26 bits per heavy atom. The third-order valence-electron chi connectivity index (χ3n) is 7.26. The lowest BCUT2D eigenvalue weighted by Crippen LogP contribution is -2.49. The molecular weight excluding hydrogens is 444 g/mol. The molecule has 2 aliphatic carbocycles. The Hall–Kier alpha value is -3.35. The second kappa shape index (κ2) is 11.4. The monoisotopic (exact) mass is 478 g/mol. The summed E-state index contributed by atoms with van der Waals surface area (Å²) in [6.45, 7) is 2.25. The first-order chi connectivity index (χ1) is 17.0. The zero-order chi connectivity index (χ0) is 24.8. The second-order valence-electron chi connectivity index (χ2n) is 9.54. The third-order valence-corrected chi connectivity index (χ3v) is 7.26. The van der Waals surface area contributed by atoms with Crippen molar-refractivity contribution in [2.45, 2.75) is 57.4 Å². The maximum absolute atomic E-state index is 12.9. The third kappa shape index (κ3) is 5.66. The van der Waals surface area contributed by atoms with Crippen LogP contribution in [0.25, 0.3) is 11.1 Å². The lowest BCUT2D eigenvalue weighted by atomic mass is 9.83. The van der Waals surface area contributed by atoms with Crippen LogP contribution in [-0.4, -0.2) is 42.3 Å². The molecule has 4 rings (SSSR count). The first-order valence-electron chi connectivity index (χ1n) is 12.6. The summed E-state index contributed by atoms with van der Waals surface area (Å²) in [5.74, 6) is -2.10. The molecule has 7 heteroatoms. The number of amides is 2. The summed E-state index contributed by atoms with van der Waals surface area (Å²) in [4.78, 5) is 37.0. The molecule has 2 aromatic carbocycles. The summed E-state index contributed by atoms with van der Waals surface area (Å²) in [5.41, 5.74) is 4.64. The van der Waals surface area contributed by atoms with Gasteiger partial charge in [-0.05, 0) is 41.5 Å². The summed E-state index contributed by atoms with van der Waals surface area (Å²) in [5, 5.41) is 15.1. The average molecular weight is 479 g/mol. The SMILES string of the molecule is CCCC(CNC(=O)[C@@H]1CCCC[C@@H]1NC(=O)OCC1c2ccccc2-c2ccccc21)C(=O)O. The number of hydrogen-bond acceptors (Lipinski definition) is 4. The average Bonchev–Trinajstić information content (AvgIpc) is 3.19. The molecule has 3 N–H and O–H groups in total. The van der Waals surface area contributed by atoms with Crippen molar-refractivity contribution in [3.63, 3.8) is 0 Å². The van der Waals surface area contributed by atoms with Crippen molar-refractivity contribution >= 4 is 18.0 Å². The molecule has 35 heavy (non-hydrogen) atoms. The van der Waals surface area contributed by atoms with Crippen LogP contribution in [0, 0.1) is 11.8 Å². The summed E-state index contributed by atoms with van der Waals surface area (Å²) < 4.78 is 5.67. The van der Waals surface area contributed by atoms with Gasteiger partial charge >= 0.3 is 12.1 Å². The maximum Gasteiger partial charge on any atom is 0.407 e. The van der Waals surface area contributed by atoms with Gasteiger partial charge in [-0.25, -0.2) is 4.79 Å². The normalized spacial score (nSPS) is 19.8. The van der Waals surface area contributed by atoms with E-state index < -0.39 is 18.0 Å². The van der Waals surface area contributed by atoms with Gasteiger partial charge in [0.25, 0.3) is 0 Å². The van der Waals surface area contributed by atoms with E-state index in [0.29, 0.717) is 19.3 Å². The number of carboxylic acid groups (broad SMARTS) is 1. The van der Waals surface area contributed by atoms with Crippen LogP contribution in [-0.2, 0) is 14.3 Å². The zero-order valence-electron chi connectivity index (χ0n) is 20.2. The molecule has 3 atom stereocenters. The van der Waals surface area contributed by atoms with Gasteiger partial charge in [-0.15, -0.1) is 0 Å². The fourth-order valence-electron chi connectivity index (χ4n) is 5.43. The molecular formula is C28H34N2O5. The molecule has 186 valence electrons. The van der Waals surface area contributed by atoms with E-state index in [2.05, 4.69) is 34.9 Å². The predicted molar refractivity (Wildman–Crippen MR) is 133 cm³/mol. The van der Waals surface area contributed by atoms with E-state index in [-0.39, 0.29) is 36.9 Å². The van der Waals surface area contributed by atoms with Crippen LogP contribution >= 0.6 is 0 Å². The van der Waals surface area contributed by atoms with Gasteiger partial charge in [-0.1, -0.05) is 74.7 Å². The number of benzene rings is 2. The van der Waals surface area contributed by atoms with Crippen molar-refractivity contribution < 1.29 is 24.2 Å². The highest BCUT2D eigenvalue weighted by Gasteiger charge is 2.34. The number of alkyl carbamates (subject to hydrolysis) is 1. The van der Waals surface area contributed by atoms with Gasteiger partial charge in [0.1, 0.15) is 6.61 Å². The molecule has 2 amide bonds. The molecule has 2 aromatic rings. The van der Waals surface area contributed by atoms with Crippen molar-refractivity contribution in [2.24, 2.45) is 11.8 Å². The van der Waals surface area contributed by atoms with Crippen molar-refractivity contribution in [3.8, 4) is 11.1 Å². The van der Waals surface area contributed by atoms with Crippen LogP contribution in [0.5, 0.6) is 0 Å². The minimum absolute atomic E-state index is 0.0230. The molecule has 0 saturated heterocycles. The lowest BCUT2D eigenvalue weighted by Gasteiger charge is -2.31. The first kappa shape index (κ1) is 24.8. The molecule has 0 radical (unpaired) electrons. The lowest BCUT2D eigenvalue weighted by molar-refractivity contribution is -0.142. The number of fused-ring (bicyclic) bond motifs is 3. The predicted octanol–water partition coefficient (Wildman–Crippen LogP) is 4.70. The number of carbonyl (C=O) groups excluding carboxylic acids is 2. The number of rotatable bonds is 9. The number of ether oxygens (including phenoxy) is 1. The quantitative estimate of drug-likeness (QED) is 0.485. The van der Waals surface area contributed by atoms with Gasteiger partial charge in [0.15, 0.2) is 0 Å². The molecule has 0 aliphatic heterocycles. The molecule has 1 unspecified atom stereocenters. The summed E-state index contributed by atoms with van der Waals surface area (Å²) in [6.07, 6.45) is 3.91. The Balaban J connectivity index is 1.35. The number of carboxylic acids is 1. The fraction of sp³-hybridized carbons (Fsp3) is 0.464. The number of carbonyl (C=O) groups is 3. The topological polar surface area (TPSA) is 105 Å². The summed E-state index contributed by atoms with van der Waals surface area (Å²) in [7, 11) is 0. The van der Waals surface area contributed by atoms with Crippen LogP contribution in [0.2, 0.25) is 0 Å².